The van der Waals surface area contributed by atoms with Crippen LogP contribution in [-0.4, -0.2) is 22.2 Å². The first-order chi connectivity index (χ1) is 6.63. The van der Waals surface area contributed by atoms with Crippen molar-refractivity contribution in [2.75, 3.05) is 7.11 Å². The van der Waals surface area contributed by atoms with Crippen LogP contribution in [0.3, 0.4) is 0 Å². The molecular weight excluding hydrogens is 231 g/mol. The Morgan fingerprint density at radius 3 is 2.93 bits per heavy atom. The molecular formula is C6H7ClN2O4P+. The molecule has 1 unspecified atom stereocenters. The van der Waals surface area contributed by atoms with Gasteiger partial charge in [-0.1, -0.05) is 11.6 Å². The molecule has 0 aliphatic heterocycles. The summed E-state index contributed by atoms with van der Waals surface area (Å²) >= 11 is 5.57. The second-order valence-electron chi connectivity index (χ2n) is 2.21. The van der Waals surface area contributed by atoms with Crippen LogP contribution in [0.1, 0.15) is 5.56 Å². The average molecular weight is 238 g/mol. The third kappa shape index (κ3) is 3.16. The zero-order valence-corrected chi connectivity index (χ0v) is 8.83. The predicted octanol–water partition coefficient (Wildman–Crippen LogP) is 1.30. The van der Waals surface area contributed by atoms with E-state index in [1.54, 1.807) is 0 Å². The largest absolute Gasteiger partial charge is 0.695 e. The molecule has 1 heterocycles. The molecule has 76 valence electrons. The molecule has 8 heteroatoms. The Hall–Kier alpha value is -0.810. The molecule has 0 saturated heterocycles. The highest BCUT2D eigenvalue weighted by Gasteiger charge is 2.16. The molecule has 1 rings (SSSR count). The van der Waals surface area contributed by atoms with Gasteiger partial charge in [0, 0.05) is 10.1 Å². The van der Waals surface area contributed by atoms with Gasteiger partial charge >= 0.3 is 8.25 Å². The van der Waals surface area contributed by atoms with Crippen LogP contribution in [0, 0.1) is 0 Å². The van der Waals surface area contributed by atoms with E-state index >= 15 is 0 Å². The number of aromatic nitrogens is 2. The standard InChI is InChI=1S/C6H6ClN2O4P/c1-12-6-4(3-13-14(10)11)2-5(7)8-9-6/h2H,3H2,1H3/p+1. The molecule has 0 radical (unpaired) electrons. The summed E-state index contributed by atoms with van der Waals surface area (Å²) < 4.78 is 19.6. The molecule has 1 atom stereocenters. The zero-order chi connectivity index (χ0) is 10.6. The third-order valence-electron chi connectivity index (χ3n) is 1.33. The summed E-state index contributed by atoms with van der Waals surface area (Å²) in [6, 6.07) is 1.45. The van der Waals surface area contributed by atoms with Crippen molar-refractivity contribution in [1.29, 1.82) is 0 Å². The average Bonchev–Trinajstić information content (AvgIpc) is 2.15. The summed E-state index contributed by atoms with van der Waals surface area (Å²) in [4.78, 5) is 8.42. The van der Waals surface area contributed by atoms with Crippen molar-refractivity contribution in [1.82, 2.24) is 10.2 Å². The lowest BCUT2D eigenvalue weighted by Gasteiger charge is -2.02. The van der Waals surface area contributed by atoms with Crippen molar-refractivity contribution in [2.45, 2.75) is 6.61 Å². The van der Waals surface area contributed by atoms with Gasteiger partial charge in [0.05, 0.1) is 7.11 Å². The van der Waals surface area contributed by atoms with Gasteiger partial charge in [0.15, 0.2) is 5.15 Å². The first-order valence-electron chi connectivity index (χ1n) is 3.48. The summed E-state index contributed by atoms with van der Waals surface area (Å²) in [6.45, 7) is -0.107. The van der Waals surface area contributed by atoms with E-state index in [2.05, 4.69) is 14.7 Å². The maximum absolute atomic E-state index is 10.3. The zero-order valence-electron chi connectivity index (χ0n) is 7.18. The molecule has 1 aromatic rings. The van der Waals surface area contributed by atoms with Crippen molar-refractivity contribution >= 4 is 19.9 Å². The summed E-state index contributed by atoms with van der Waals surface area (Å²) in [7, 11) is -1.24. The summed E-state index contributed by atoms with van der Waals surface area (Å²) in [5, 5.41) is 7.32. The number of halogens is 1. The Morgan fingerprint density at radius 1 is 1.64 bits per heavy atom. The van der Waals surface area contributed by atoms with Crippen molar-refractivity contribution in [3.05, 3.63) is 16.8 Å². The fraction of sp³-hybridized carbons (Fsp3) is 0.333. The maximum atomic E-state index is 10.3. The molecule has 0 aromatic carbocycles. The van der Waals surface area contributed by atoms with E-state index in [9.17, 15) is 4.57 Å². The highest BCUT2D eigenvalue weighted by molar-refractivity contribution is 7.32. The van der Waals surface area contributed by atoms with Crippen LogP contribution in [0.25, 0.3) is 0 Å². The normalized spacial score (nSPS) is 11.2. The van der Waals surface area contributed by atoms with Gasteiger partial charge < -0.3 is 4.74 Å². The van der Waals surface area contributed by atoms with E-state index in [4.69, 9.17) is 21.2 Å². The van der Waals surface area contributed by atoms with Crippen LogP contribution in [0.5, 0.6) is 5.88 Å². The fourth-order valence-corrected chi connectivity index (χ4v) is 1.21. The second-order valence-corrected chi connectivity index (χ2v) is 3.33. The second kappa shape index (κ2) is 5.17. The van der Waals surface area contributed by atoms with Gasteiger partial charge in [0.2, 0.25) is 5.88 Å². The highest BCUT2D eigenvalue weighted by Crippen LogP contribution is 2.23. The lowest BCUT2D eigenvalue weighted by molar-refractivity contribution is 0.265. The van der Waals surface area contributed by atoms with Crippen LogP contribution in [-0.2, 0) is 15.7 Å². The monoisotopic (exact) mass is 237 g/mol. The highest BCUT2D eigenvalue weighted by atomic mass is 35.5. The minimum Gasteiger partial charge on any atom is -0.480 e. The number of ether oxygens (including phenoxy) is 1. The van der Waals surface area contributed by atoms with Crippen LogP contribution in [0.4, 0.5) is 0 Å². The minimum absolute atomic E-state index is 0.107. The molecule has 14 heavy (non-hydrogen) atoms. The Morgan fingerprint density at radius 2 is 2.36 bits per heavy atom. The molecule has 1 aromatic heterocycles. The maximum Gasteiger partial charge on any atom is 0.695 e. The van der Waals surface area contributed by atoms with Gasteiger partial charge in [-0.05, 0) is 6.07 Å². The molecule has 0 fully saturated rings. The molecule has 0 spiro atoms. The molecule has 0 amide bonds. The third-order valence-corrected chi connectivity index (χ3v) is 1.86. The number of rotatable bonds is 4. The van der Waals surface area contributed by atoms with Crippen LogP contribution < -0.4 is 4.74 Å². The lowest BCUT2D eigenvalue weighted by atomic mass is 10.3. The first-order valence-corrected chi connectivity index (χ1v) is 4.99. The minimum atomic E-state index is -2.65. The Bertz CT molecular complexity index is 349. The lowest BCUT2D eigenvalue weighted by Crippen LogP contribution is -1.98. The summed E-state index contributed by atoms with van der Waals surface area (Å²) in [5.41, 5.74) is 0.463. The quantitative estimate of drug-likeness (QED) is 0.795. The molecule has 0 aliphatic rings. The van der Waals surface area contributed by atoms with Crippen molar-refractivity contribution in [2.24, 2.45) is 0 Å². The number of hydrogen-bond donors (Lipinski definition) is 1. The van der Waals surface area contributed by atoms with Crippen molar-refractivity contribution in [3.63, 3.8) is 0 Å². The fourth-order valence-electron chi connectivity index (χ4n) is 0.792. The van der Waals surface area contributed by atoms with Crippen LogP contribution in [0.2, 0.25) is 5.15 Å². The van der Waals surface area contributed by atoms with E-state index in [1.165, 1.54) is 13.2 Å². The van der Waals surface area contributed by atoms with E-state index in [-0.39, 0.29) is 17.6 Å². The van der Waals surface area contributed by atoms with Gasteiger partial charge in [-0.3, -0.25) is 0 Å². The molecule has 0 aliphatic carbocycles. The Balaban J connectivity index is 2.82. The first kappa shape index (κ1) is 11.3. The number of methoxy groups -OCH3 is 1. The van der Waals surface area contributed by atoms with Crippen LogP contribution in [0.15, 0.2) is 6.07 Å². The van der Waals surface area contributed by atoms with Gasteiger partial charge in [-0.2, -0.15) is 0 Å². The predicted molar refractivity (Wildman–Crippen MR) is 48.2 cm³/mol. The molecule has 0 bridgehead atoms. The van der Waals surface area contributed by atoms with Gasteiger partial charge in [0.1, 0.15) is 6.61 Å². The molecule has 0 saturated carbocycles. The Labute approximate surface area is 85.8 Å². The molecule has 6 nitrogen and oxygen atoms in total. The van der Waals surface area contributed by atoms with Gasteiger partial charge in [0.25, 0.3) is 0 Å². The van der Waals surface area contributed by atoms with E-state index in [0.717, 1.165) is 0 Å². The van der Waals surface area contributed by atoms with Gasteiger partial charge in [-0.15, -0.1) is 19.6 Å². The Kier molecular flexibility index (Phi) is 4.16. The topological polar surface area (TPSA) is 81.5 Å². The van der Waals surface area contributed by atoms with E-state index in [1.807, 2.05) is 0 Å². The van der Waals surface area contributed by atoms with E-state index in [0.29, 0.717) is 5.56 Å². The number of hydrogen-bond acceptors (Lipinski definition) is 5. The van der Waals surface area contributed by atoms with Crippen molar-refractivity contribution < 1.29 is 18.7 Å². The smallest absolute Gasteiger partial charge is 0.480 e. The van der Waals surface area contributed by atoms with E-state index < -0.39 is 8.25 Å². The molecule has 1 N–H and O–H groups in total. The van der Waals surface area contributed by atoms with Crippen molar-refractivity contribution in [3.8, 4) is 5.88 Å². The summed E-state index contributed by atoms with van der Waals surface area (Å²) in [6.07, 6.45) is 0. The van der Waals surface area contributed by atoms with Crippen LogP contribution >= 0.6 is 19.9 Å². The SMILES string of the molecule is COc1nnc(Cl)cc1CO[P+](=O)O. The number of nitrogens with zero attached hydrogens (tertiary/aromatic N) is 2. The van der Waals surface area contributed by atoms with Gasteiger partial charge in [-0.25, -0.2) is 0 Å². The summed E-state index contributed by atoms with van der Waals surface area (Å²) in [5.74, 6) is 0.214.